The molecule has 0 radical (unpaired) electrons. The van der Waals surface area contributed by atoms with E-state index in [0.717, 1.165) is 5.56 Å². The van der Waals surface area contributed by atoms with E-state index in [1.54, 1.807) is 0 Å². The van der Waals surface area contributed by atoms with Gasteiger partial charge in [-0.1, -0.05) is 41.6 Å². The molecule has 0 aliphatic carbocycles. The average Bonchev–Trinajstić information content (AvgIpc) is 2.81. The van der Waals surface area contributed by atoms with Crippen LogP contribution in [-0.2, 0) is 5.75 Å². The largest absolute Gasteiger partial charge is 0.327 e. The van der Waals surface area contributed by atoms with Gasteiger partial charge in [0, 0.05) is 10.8 Å². The first-order valence-corrected chi connectivity index (χ1v) is 7.81. The summed E-state index contributed by atoms with van der Waals surface area (Å²) in [6.07, 6.45) is 0. The molecule has 0 spiro atoms. The lowest BCUT2D eigenvalue weighted by Crippen LogP contribution is -2.20. The number of hydrogen-bond donors (Lipinski definition) is 2. The Morgan fingerprint density at radius 2 is 2.05 bits per heavy atom. The smallest absolute Gasteiger partial charge is 0.291 e. The Morgan fingerprint density at radius 1 is 1.25 bits per heavy atom. The molecule has 0 amide bonds. The molecule has 3 aromatic rings. The summed E-state index contributed by atoms with van der Waals surface area (Å²) in [6, 6.07) is 7.57. The molecule has 0 saturated carbocycles. The van der Waals surface area contributed by atoms with Crippen molar-refractivity contribution >= 4 is 45.0 Å². The van der Waals surface area contributed by atoms with Crippen molar-refractivity contribution in [2.45, 2.75) is 10.1 Å². The zero-order valence-corrected chi connectivity index (χ0v) is 12.4. The lowest BCUT2D eigenvalue weighted by atomic mass is 10.2. The molecule has 0 unspecified atom stereocenters. The normalized spacial score (nSPS) is 11.1. The molecule has 2 heterocycles. The standard InChI is InChI=1S/C12H8ClN3O2S2/c13-7-4-2-1-3-6(7)5-19-12-15-9-8(20-12)10(17)16-11(18)14-9/h1-4H,5H2,(H2,14,16,17,18). The minimum absolute atomic E-state index is 0.324. The molecular weight excluding hydrogens is 318 g/mol. The molecule has 20 heavy (non-hydrogen) atoms. The van der Waals surface area contributed by atoms with E-state index in [0.29, 0.717) is 25.5 Å². The number of aromatic nitrogens is 3. The number of nitrogens with one attached hydrogen (secondary N) is 2. The number of halogens is 1. The Hall–Kier alpha value is -1.57. The highest BCUT2D eigenvalue weighted by atomic mass is 35.5. The van der Waals surface area contributed by atoms with Crippen LogP contribution in [0.1, 0.15) is 5.56 Å². The minimum atomic E-state index is -0.546. The van der Waals surface area contributed by atoms with Gasteiger partial charge in [-0.05, 0) is 11.6 Å². The Morgan fingerprint density at radius 3 is 2.85 bits per heavy atom. The number of benzene rings is 1. The van der Waals surface area contributed by atoms with Crippen LogP contribution >= 0.6 is 34.7 Å². The highest BCUT2D eigenvalue weighted by molar-refractivity contribution is 8.00. The summed E-state index contributed by atoms with van der Waals surface area (Å²) >= 11 is 8.81. The van der Waals surface area contributed by atoms with Crippen LogP contribution in [0.2, 0.25) is 5.02 Å². The van der Waals surface area contributed by atoms with Crippen LogP contribution in [0.3, 0.4) is 0 Å². The Bertz CT molecular complexity index is 884. The maximum absolute atomic E-state index is 11.6. The van der Waals surface area contributed by atoms with Gasteiger partial charge in [-0.2, -0.15) is 0 Å². The Kier molecular flexibility index (Phi) is 3.64. The second-order valence-corrected chi connectivity index (χ2v) is 6.57. The first kappa shape index (κ1) is 13.4. The molecule has 0 fully saturated rings. The van der Waals surface area contributed by atoms with Crippen LogP contribution in [0.25, 0.3) is 10.3 Å². The van der Waals surface area contributed by atoms with Crippen molar-refractivity contribution in [3.8, 4) is 0 Å². The average molecular weight is 326 g/mol. The van der Waals surface area contributed by atoms with Crippen molar-refractivity contribution in [3.05, 3.63) is 55.7 Å². The molecule has 5 nitrogen and oxygen atoms in total. The van der Waals surface area contributed by atoms with Crippen LogP contribution in [-0.4, -0.2) is 15.0 Å². The molecule has 0 aliphatic heterocycles. The van der Waals surface area contributed by atoms with Gasteiger partial charge >= 0.3 is 5.69 Å². The maximum Gasteiger partial charge on any atom is 0.327 e. The third-order valence-electron chi connectivity index (χ3n) is 2.58. The highest BCUT2D eigenvalue weighted by Gasteiger charge is 2.10. The summed E-state index contributed by atoms with van der Waals surface area (Å²) in [5, 5.41) is 0.701. The van der Waals surface area contributed by atoms with E-state index in [-0.39, 0.29) is 0 Å². The predicted molar refractivity (Wildman–Crippen MR) is 81.9 cm³/mol. The number of aromatic amines is 2. The van der Waals surface area contributed by atoms with Crippen LogP contribution in [0.15, 0.2) is 38.2 Å². The van der Waals surface area contributed by atoms with Crippen molar-refractivity contribution in [2.24, 2.45) is 0 Å². The summed E-state index contributed by atoms with van der Waals surface area (Å²) in [5.41, 5.74) is 0.368. The van der Waals surface area contributed by atoms with Gasteiger partial charge in [0.1, 0.15) is 4.70 Å². The molecule has 0 aliphatic rings. The molecule has 1 aromatic carbocycles. The second-order valence-electron chi connectivity index (χ2n) is 3.95. The van der Waals surface area contributed by atoms with Crippen LogP contribution in [0.4, 0.5) is 0 Å². The Balaban J connectivity index is 1.89. The summed E-state index contributed by atoms with van der Waals surface area (Å²) in [6.45, 7) is 0. The van der Waals surface area contributed by atoms with E-state index in [9.17, 15) is 9.59 Å². The van der Waals surface area contributed by atoms with Gasteiger partial charge in [-0.25, -0.2) is 9.78 Å². The van der Waals surface area contributed by atoms with Gasteiger partial charge in [0.05, 0.1) is 0 Å². The van der Waals surface area contributed by atoms with E-state index in [2.05, 4.69) is 15.0 Å². The molecule has 102 valence electrons. The van der Waals surface area contributed by atoms with Gasteiger partial charge in [-0.3, -0.25) is 14.8 Å². The van der Waals surface area contributed by atoms with Crippen LogP contribution < -0.4 is 11.2 Å². The van der Waals surface area contributed by atoms with Crippen molar-refractivity contribution in [1.82, 2.24) is 15.0 Å². The number of thiazole rings is 1. The molecule has 0 atom stereocenters. The summed E-state index contributed by atoms with van der Waals surface area (Å²) < 4.78 is 1.14. The minimum Gasteiger partial charge on any atom is -0.291 e. The summed E-state index contributed by atoms with van der Waals surface area (Å²) in [7, 11) is 0. The van der Waals surface area contributed by atoms with E-state index in [1.165, 1.54) is 23.1 Å². The first-order valence-electron chi connectivity index (χ1n) is 5.63. The number of nitrogens with zero attached hydrogens (tertiary/aromatic N) is 1. The van der Waals surface area contributed by atoms with Crippen molar-refractivity contribution in [3.63, 3.8) is 0 Å². The van der Waals surface area contributed by atoms with E-state index in [1.807, 2.05) is 24.3 Å². The molecule has 2 N–H and O–H groups in total. The molecule has 0 bridgehead atoms. The number of hydrogen-bond acceptors (Lipinski definition) is 5. The first-order chi connectivity index (χ1) is 9.63. The van der Waals surface area contributed by atoms with E-state index >= 15 is 0 Å². The zero-order valence-electron chi connectivity index (χ0n) is 9.97. The number of thioether (sulfide) groups is 1. The van der Waals surface area contributed by atoms with Crippen molar-refractivity contribution in [1.29, 1.82) is 0 Å². The second kappa shape index (κ2) is 5.43. The van der Waals surface area contributed by atoms with Gasteiger partial charge < -0.3 is 0 Å². The quantitative estimate of drug-likeness (QED) is 0.726. The lowest BCUT2D eigenvalue weighted by molar-refractivity contribution is 1.06. The lowest BCUT2D eigenvalue weighted by Gasteiger charge is -2.00. The number of rotatable bonds is 3. The fourth-order valence-electron chi connectivity index (χ4n) is 1.65. The van der Waals surface area contributed by atoms with Gasteiger partial charge in [0.15, 0.2) is 9.99 Å². The number of H-pyrrole nitrogens is 2. The SMILES string of the molecule is O=c1[nH]c(=O)c2sc(SCc3ccccc3Cl)nc2[nH]1. The third-order valence-corrected chi connectivity index (χ3v) is 5.20. The highest BCUT2D eigenvalue weighted by Crippen LogP contribution is 2.30. The monoisotopic (exact) mass is 325 g/mol. The van der Waals surface area contributed by atoms with Gasteiger partial charge in [0.25, 0.3) is 5.56 Å². The summed E-state index contributed by atoms with van der Waals surface area (Å²) in [5.74, 6) is 0.654. The molecule has 3 rings (SSSR count). The topological polar surface area (TPSA) is 78.6 Å². The molecule has 0 saturated heterocycles. The zero-order chi connectivity index (χ0) is 14.1. The maximum atomic E-state index is 11.6. The van der Waals surface area contributed by atoms with Crippen LogP contribution in [0.5, 0.6) is 0 Å². The van der Waals surface area contributed by atoms with Crippen LogP contribution in [0, 0.1) is 0 Å². The van der Waals surface area contributed by atoms with Crippen molar-refractivity contribution < 1.29 is 0 Å². The van der Waals surface area contributed by atoms with E-state index in [4.69, 9.17) is 11.6 Å². The predicted octanol–water partition coefficient (Wildman–Crippen LogP) is 2.62. The molecule has 8 heteroatoms. The fourth-order valence-corrected chi connectivity index (χ4v) is 3.93. The molecule has 2 aromatic heterocycles. The van der Waals surface area contributed by atoms with Gasteiger partial charge in [-0.15, -0.1) is 11.3 Å². The van der Waals surface area contributed by atoms with Gasteiger partial charge in [0.2, 0.25) is 0 Å². The molecular formula is C12H8ClN3O2S2. The third kappa shape index (κ3) is 2.65. The number of fused-ring (bicyclic) bond motifs is 1. The van der Waals surface area contributed by atoms with Crippen molar-refractivity contribution in [2.75, 3.05) is 0 Å². The van der Waals surface area contributed by atoms with E-state index < -0.39 is 11.2 Å². The summed E-state index contributed by atoms with van der Waals surface area (Å²) in [4.78, 5) is 31.7. The Labute approximate surface area is 126 Å². The fraction of sp³-hybridized carbons (Fsp3) is 0.0833.